The third-order valence-corrected chi connectivity index (χ3v) is 4.97. The van der Waals surface area contributed by atoms with Crippen LogP contribution < -0.4 is 15.0 Å². The van der Waals surface area contributed by atoms with Crippen molar-refractivity contribution in [3.8, 4) is 5.75 Å². The molecular weight excluding hydrogens is 386 g/mol. The van der Waals surface area contributed by atoms with Gasteiger partial charge in [-0.25, -0.2) is 9.78 Å². The summed E-state index contributed by atoms with van der Waals surface area (Å²) < 4.78 is 10.6. The van der Waals surface area contributed by atoms with E-state index in [1.807, 2.05) is 4.90 Å². The van der Waals surface area contributed by atoms with Gasteiger partial charge >= 0.3 is 5.97 Å². The molecule has 1 fully saturated rings. The molecule has 2 N–H and O–H groups in total. The van der Waals surface area contributed by atoms with Crippen LogP contribution >= 0.6 is 0 Å². The average Bonchev–Trinajstić information content (AvgIpc) is 2.78. The quantitative estimate of drug-likeness (QED) is 0.670. The molecule has 8 heteroatoms. The second-order valence-corrected chi connectivity index (χ2v) is 6.82. The second-order valence-electron chi connectivity index (χ2n) is 6.82. The molecule has 0 radical (unpaired) electrons. The summed E-state index contributed by atoms with van der Waals surface area (Å²) in [5.41, 5.74) is 1.54. The average molecular weight is 407 g/mol. The molecule has 0 aliphatic carbocycles. The number of fused-ring (bicyclic) bond motifs is 1. The SMILES string of the molecule is COc1ccccc1C(=O)Nc1ccc2nc(N3CCOCC3)cc(C(=O)O)c2c1. The van der Waals surface area contributed by atoms with E-state index in [2.05, 4.69) is 10.3 Å². The topological polar surface area (TPSA) is 101 Å². The number of nitrogens with zero attached hydrogens (tertiary/aromatic N) is 2. The van der Waals surface area contributed by atoms with Crippen LogP contribution in [0.1, 0.15) is 20.7 Å². The predicted octanol–water partition coefficient (Wildman–Crippen LogP) is 3.03. The number of anilines is 2. The minimum Gasteiger partial charge on any atom is -0.496 e. The summed E-state index contributed by atoms with van der Waals surface area (Å²) >= 11 is 0. The van der Waals surface area contributed by atoms with Gasteiger partial charge in [-0.3, -0.25) is 4.79 Å². The van der Waals surface area contributed by atoms with E-state index in [9.17, 15) is 14.7 Å². The number of carboxylic acids is 1. The van der Waals surface area contributed by atoms with Crippen LogP contribution in [0.2, 0.25) is 0 Å². The van der Waals surface area contributed by atoms with Gasteiger partial charge in [-0.1, -0.05) is 12.1 Å². The highest BCUT2D eigenvalue weighted by Crippen LogP contribution is 2.27. The number of hydrogen-bond donors (Lipinski definition) is 2. The number of pyridine rings is 1. The Balaban J connectivity index is 1.68. The zero-order valence-electron chi connectivity index (χ0n) is 16.4. The van der Waals surface area contributed by atoms with Crippen molar-refractivity contribution in [2.24, 2.45) is 0 Å². The van der Waals surface area contributed by atoms with Gasteiger partial charge in [0, 0.05) is 24.2 Å². The first-order valence-corrected chi connectivity index (χ1v) is 9.52. The summed E-state index contributed by atoms with van der Waals surface area (Å²) in [6, 6.07) is 13.5. The van der Waals surface area contributed by atoms with Gasteiger partial charge in [0.2, 0.25) is 0 Å². The van der Waals surface area contributed by atoms with E-state index < -0.39 is 5.97 Å². The molecule has 4 rings (SSSR count). The molecule has 0 unspecified atom stereocenters. The highest BCUT2D eigenvalue weighted by Gasteiger charge is 2.19. The summed E-state index contributed by atoms with van der Waals surface area (Å²) in [5, 5.41) is 13.0. The van der Waals surface area contributed by atoms with Crippen molar-refractivity contribution in [1.82, 2.24) is 4.98 Å². The fourth-order valence-corrected chi connectivity index (χ4v) is 3.45. The zero-order valence-corrected chi connectivity index (χ0v) is 16.4. The largest absolute Gasteiger partial charge is 0.496 e. The van der Waals surface area contributed by atoms with E-state index in [0.29, 0.717) is 60.0 Å². The number of carboxylic acid groups (broad SMARTS) is 1. The molecular formula is C22H21N3O5. The van der Waals surface area contributed by atoms with Crippen LogP contribution in [0.4, 0.5) is 11.5 Å². The standard InChI is InChI=1S/C22H21N3O5/c1-29-19-5-3-2-4-15(19)21(26)23-14-6-7-18-16(12-14)17(22(27)28)13-20(24-18)25-8-10-30-11-9-25/h2-7,12-13H,8-11H2,1H3,(H,23,26)(H,27,28). The third-order valence-electron chi connectivity index (χ3n) is 4.97. The van der Waals surface area contributed by atoms with E-state index in [4.69, 9.17) is 9.47 Å². The normalized spacial score (nSPS) is 13.8. The van der Waals surface area contributed by atoms with E-state index in [0.717, 1.165) is 0 Å². The summed E-state index contributed by atoms with van der Waals surface area (Å²) in [7, 11) is 1.50. The van der Waals surface area contributed by atoms with Crippen LogP contribution in [0.5, 0.6) is 5.75 Å². The van der Waals surface area contributed by atoms with Gasteiger partial charge in [0.1, 0.15) is 11.6 Å². The molecule has 0 saturated carbocycles. The molecule has 30 heavy (non-hydrogen) atoms. The molecule has 8 nitrogen and oxygen atoms in total. The predicted molar refractivity (Wildman–Crippen MR) is 113 cm³/mol. The first-order chi connectivity index (χ1) is 14.6. The Morgan fingerprint density at radius 3 is 2.60 bits per heavy atom. The van der Waals surface area contributed by atoms with Gasteiger partial charge in [0.15, 0.2) is 0 Å². The number of rotatable bonds is 5. The van der Waals surface area contributed by atoms with E-state index >= 15 is 0 Å². The van der Waals surface area contributed by atoms with Gasteiger partial charge in [-0.2, -0.15) is 0 Å². The van der Waals surface area contributed by atoms with Gasteiger partial charge < -0.3 is 24.8 Å². The number of morpholine rings is 1. The number of carbonyl (C=O) groups is 2. The van der Waals surface area contributed by atoms with Crippen molar-refractivity contribution >= 4 is 34.3 Å². The zero-order chi connectivity index (χ0) is 21.1. The van der Waals surface area contributed by atoms with E-state index in [1.54, 1.807) is 48.5 Å². The van der Waals surface area contributed by atoms with Crippen molar-refractivity contribution in [1.29, 1.82) is 0 Å². The summed E-state index contributed by atoms with van der Waals surface area (Å²) in [6.07, 6.45) is 0. The van der Waals surface area contributed by atoms with Crippen molar-refractivity contribution in [2.75, 3.05) is 43.6 Å². The Bertz CT molecular complexity index is 1110. The number of para-hydroxylation sites is 1. The molecule has 0 atom stereocenters. The minimum absolute atomic E-state index is 0.134. The number of ether oxygens (including phenoxy) is 2. The van der Waals surface area contributed by atoms with Crippen LogP contribution in [0.25, 0.3) is 10.9 Å². The van der Waals surface area contributed by atoms with E-state index in [1.165, 1.54) is 7.11 Å². The van der Waals surface area contributed by atoms with Gasteiger partial charge in [0.05, 0.1) is 37.0 Å². The van der Waals surface area contributed by atoms with Crippen LogP contribution in [0.15, 0.2) is 48.5 Å². The van der Waals surface area contributed by atoms with Gasteiger partial charge in [-0.15, -0.1) is 0 Å². The fourth-order valence-electron chi connectivity index (χ4n) is 3.45. The first-order valence-electron chi connectivity index (χ1n) is 9.52. The highest BCUT2D eigenvalue weighted by atomic mass is 16.5. The Kier molecular flexibility index (Phi) is 5.49. The highest BCUT2D eigenvalue weighted by molar-refractivity contribution is 6.09. The number of benzene rings is 2. The van der Waals surface area contributed by atoms with Crippen molar-refractivity contribution in [3.05, 3.63) is 59.7 Å². The number of aromatic nitrogens is 1. The fraction of sp³-hybridized carbons (Fsp3) is 0.227. The summed E-state index contributed by atoms with van der Waals surface area (Å²) in [5.74, 6) is -0.334. The molecule has 2 aromatic carbocycles. The molecule has 2 heterocycles. The molecule has 154 valence electrons. The van der Waals surface area contributed by atoms with Crippen LogP contribution in [0.3, 0.4) is 0 Å². The number of hydrogen-bond acceptors (Lipinski definition) is 6. The smallest absolute Gasteiger partial charge is 0.336 e. The first kappa shape index (κ1) is 19.7. The summed E-state index contributed by atoms with van der Waals surface area (Å²) in [6.45, 7) is 2.47. The molecule has 1 amide bonds. The molecule has 1 saturated heterocycles. The van der Waals surface area contributed by atoms with E-state index in [-0.39, 0.29) is 11.5 Å². The lowest BCUT2D eigenvalue weighted by molar-refractivity contribution is 0.0698. The maximum Gasteiger partial charge on any atom is 0.336 e. The number of methoxy groups -OCH3 is 1. The Hall–Kier alpha value is -3.65. The number of aromatic carboxylic acids is 1. The molecule has 0 bridgehead atoms. The molecule has 1 aromatic heterocycles. The van der Waals surface area contributed by atoms with Crippen molar-refractivity contribution in [3.63, 3.8) is 0 Å². The minimum atomic E-state index is -1.05. The maximum absolute atomic E-state index is 12.7. The van der Waals surface area contributed by atoms with Crippen LogP contribution in [-0.2, 0) is 4.74 Å². The summed E-state index contributed by atoms with van der Waals surface area (Å²) in [4.78, 5) is 31.2. The van der Waals surface area contributed by atoms with Crippen molar-refractivity contribution in [2.45, 2.75) is 0 Å². The number of carbonyl (C=O) groups excluding carboxylic acids is 1. The molecule has 3 aromatic rings. The Morgan fingerprint density at radius 2 is 1.87 bits per heavy atom. The lowest BCUT2D eigenvalue weighted by Crippen LogP contribution is -2.36. The number of nitrogens with one attached hydrogen (secondary N) is 1. The third kappa shape index (κ3) is 3.90. The Labute approximate surface area is 173 Å². The molecule has 1 aliphatic rings. The number of amides is 1. The van der Waals surface area contributed by atoms with Crippen LogP contribution in [0, 0.1) is 0 Å². The lowest BCUT2D eigenvalue weighted by atomic mass is 10.1. The van der Waals surface area contributed by atoms with Gasteiger partial charge in [-0.05, 0) is 36.4 Å². The van der Waals surface area contributed by atoms with Crippen LogP contribution in [-0.4, -0.2) is 55.4 Å². The van der Waals surface area contributed by atoms with Gasteiger partial charge in [0.25, 0.3) is 5.91 Å². The monoisotopic (exact) mass is 407 g/mol. The molecule has 1 aliphatic heterocycles. The maximum atomic E-state index is 12.7. The molecule has 0 spiro atoms. The lowest BCUT2D eigenvalue weighted by Gasteiger charge is -2.28. The van der Waals surface area contributed by atoms with Crippen molar-refractivity contribution < 1.29 is 24.2 Å². The Morgan fingerprint density at radius 1 is 1.10 bits per heavy atom. The second kappa shape index (κ2) is 8.38.